The van der Waals surface area contributed by atoms with Gasteiger partial charge in [-0.25, -0.2) is 0 Å². The minimum atomic E-state index is -3.67. The first-order valence-corrected chi connectivity index (χ1v) is 7.79. The van der Waals surface area contributed by atoms with E-state index in [0.717, 1.165) is 26.2 Å². The van der Waals surface area contributed by atoms with E-state index in [9.17, 15) is 8.42 Å². The third-order valence-electron chi connectivity index (χ3n) is 1.74. The van der Waals surface area contributed by atoms with Crippen LogP contribution in [0.5, 0.6) is 0 Å². The molecule has 0 spiro atoms. The minimum absolute atomic E-state index is 0.715. The van der Waals surface area contributed by atoms with Crippen LogP contribution in [-0.4, -0.2) is 45.4 Å². The molecule has 0 bridgehead atoms. The molecule has 0 radical (unpaired) electrons. The summed E-state index contributed by atoms with van der Waals surface area (Å²) in [4.78, 5) is 0. The molecule has 19 heavy (non-hydrogen) atoms. The highest BCUT2D eigenvalue weighted by Gasteiger charge is 1.86. The van der Waals surface area contributed by atoms with Crippen molar-refractivity contribution < 1.29 is 13.0 Å². The molecular formula is C13H24N2O3S. The Morgan fingerprint density at radius 2 is 1.37 bits per heavy atom. The average Bonchev–Trinajstić information content (AvgIpc) is 2.29. The molecule has 0 saturated carbocycles. The molecule has 6 heteroatoms. The Labute approximate surface area is 116 Å². The fraction of sp³-hybridized carbons (Fsp3) is 0.538. The van der Waals surface area contributed by atoms with Crippen molar-refractivity contribution in [2.75, 3.05) is 32.4 Å². The number of unbranched alkanes of at least 4 members (excludes halogenated alkanes) is 1. The van der Waals surface area contributed by atoms with Gasteiger partial charge in [0.25, 0.3) is 10.1 Å². The maximum Gasteiger partial charge on any atom is 0.261 e. The summed E-state index contributed by atoms with van der Waals surface area (Å²) in [5.74, 6) is 0. The van der Waals surface area contributed by atoms with E-state index < -0.39 is 10.1 Å². The van der Waals surface area contributed by atoms with Crippen LogP contribution in [0.1, 0.15) is 12.8 Å². The van der Waals surface area contributed by atoms with Gasteiger partial charge in [-0.3, -0.25) is 4.55 Å². The SMILES string of the molecule is C=C=CCNCCCCNCC=C=C.CS(=O)(=O)O. The molecule has 0 aliphatic heterocycles. The number of rotatable bonds is 9. The molecule has 0 aliphatic rings. The lowest BCUT2D eigenvalue weighted by Crippen LogP contribution is -2.18. The van der Waals surface area contributed by atoms with Crippen LogP contribution in [0.25, 0.3) is 0 Å². The summed E-state index contributed by atoms with van der Waals surface area (Å²) in [5.41, 5.74) is 5.45. The van der Waals surface area contributed by atoms with E-state index in [2.05, 4.69) is 35.3 Å². The molecule has 0 unspecified atom stereocenters. The minimum Gasteiger partial charge on any atom is -0.313 e. The Balaban J connectivity index is 0. The first-order chi connectivity index (χ1) is 8.91. The van der Waals surface area contributed by atoms with Crippen LogP contribution in [0.4, 0.5) is 0 Å². The van der Waals surface area contributed by atoms with Crippen molar-refractivity contribution in [3.8, 4) is 0 Å². The van der Waals surface area contributed by atoms with Crippen molar-refractivity contribution in [2.45, 2.75) is 12.8 Å². The zero-order valence-corrected chi connectivity index (χ0v) is 12.3. The summed E-state index contributed by atoms with van der Waals surface area (Å²) in [6.07, 6.45) is 6.89. The zero-order valence-electron chi connectivity index (χ0n) is 11.5. The molecule has 3 N–H and O–H groups in total. The largest absolute Gasteiger partial charge is 0.313 e. The topological polar surface area (TPSA) is 78.4 Å². The Kier molecular flexibility index (Phi) is 15.9. The lowest BCUT2D eigenvalue weighted by molar-refractivity contribution is 0.490. The molecule has 0 fully saturated rings. The van der Waals surface area contributed by atoms with Gasteiger partial charge in [-0.2, -0.15) is 8.42 Å². The van der Waals surface area contributed by atoms with Crippen molar-refractivity contribution in [2.24, 2.45) is 0 Å². The van der Waals surface area contributed by atoms with E-state index in [4.69, 9.17) is 4.55 Å². The van der Waals surface area contributed by atoms with Gasteiger partial charge in [0.2, 0.25) is 0 Å². The Morgan fingerprint density at radius 1 is 1.05 bits per heavy atom. The Hall–Kier alpha value is -1.13. The molecule has 0 aromatic heterocycles. The molecule has 0 aromatic rings. The molecule has 110 valence electrons. The third-order valence-corrected chi connectivity index (χ3v) is 1.74. The van der Waals surface area contributed by atoms with Crippen LogP contribution in [0.3, 0.4) is 0 Å². The highest BCUT2D eigenvalue weighted by atomic mass is 32.2. The van der Waals surface area contributed by atoms with E-state index in [0.29, 0.717) is 6.26 Å². The molecular weight excluding hydrogens is 264 g/mol. The monoisotopic (exact) mass is 288 g/mol. The maximum absolute atomic E-state index is 9.19. The second-order valence-electron chi connectivity index (χ2n) is 3.66. The van der Waals surface area contributed by atoms with Crippen LogP contribution in [0.2, 0.25) is 0 Å². The van der Waals surface area contributed by atoms with Crippen molar-refractivity contribution in [3.05, 3.63) is 36.8 Å². The van der Waals surface area contributed by atoms with Gasteiger partial charge in [0.1, 0.15) is 0 Å². The molecule has 0 saturated heterocycles. The lowest BCUT2D eigenvalue weighted by atomic mass is 10.3. The molecule has 0 aromatic carbocycles. The number of hydrogen-bond donors (Lipinski definition) is 3. The maximum atomic E-state index is 9.19. The smallest absolute Gasteiger partial charge is 0.261 e. The fourth-order valence-electron chi connectivity index (χ4n) is 0.993. The van der Waals surface area contributed by atoms with E-state index in [-0.39, 0.29) is 0 Å². The molecule has 0 heterocycles. The van der Waals surface area contributed by atoms with Crippen LogP contribution in [0, 0.1) is 0 Å². The lowest BCUT2D eigenvalue weighted by Gasteiger charge is -2.02. The summed E-state index contributed by atoms with van der Waals surface area (Å²) >= 11 is 0. The van der Waals surface area contributed by atoms with Crippen LogP contribution in [0.15, 0.2) is 36.8 Å². The fourth-order valence-corrected chi connectivity index (χ4v) is 0.993. The predicted molar refractivity (Wildman–Crippen MR) is 79.9 cm³/mol. The van der Waals surface area contributed by atoms with Gasteiger partial charge in [0, 0.05) is 13.1 Å². The van der Waals surface area contributed by atoms with E-state index >= 15 is 0 Å². The van der Waals surface area contributed by atoms with Crippen molar-refractivity contribution >= 4 is 10.1 Å². The normalized spacial score (nSPS) is 9.58. The van der Waals surface area contributed by atoms with Crippen LogP contribution in [-0.2, 0) is 10.1 Å². The standard InChI is InChI=1S/C12H20N2.CH4O3S/c1-3-5-9-13-11-7-8-12-14-10-6-4-2;1-5(2,3)4/h5-6,13-14H,1-2,7-12H2;1H3,(H,2,3,4). The molecule has 5 nitrogen and oxygen atoms in total. The van der Waals surface area contributed by atoms with Gasteiger partial charge < -0.3 is 10.6 Å². The number of hydrogen-bond acceptors (Lipinski definition) is 4. The highest BCUT2D eigenvalue weighted by molar-refractivity contribution is 7.85. The quantitative estimate of drug-likeness (QED) is 0.337. The second kappa shape index (κ2) is 14.9. The Bertz CT molecular complexity index is 360. The van der Waals surface area contributed by atoms with Crippen molar-refractivity contribution in [3.63, 3.8) is 0 Å². The zero-order chi connectivity index (χ0) is 15.0. The van der Waals surface area contributed by atoms with Gasteiger partial charge in [0.05, 0.1) is 6.26 Å². The summed E-state index contributed by atoms with van der Waals surface area (Å²) in [6, 6.07) is 0. The van der Waals surface area contributed by atoms with Crippen LogP contribution < -0.4 is 10.6 Å². The van der Waals surface area contributed by atoms with Gasteiger partial charge >= 0.3 is 0 Å². The summed E-state index contributed by atoms with van der Waals surface area (Å²) in [7, 11) is -3.67. The number of nitrogens with one attached hydrogen (secondary N) is 2. The second-order valence-corrected chi connectivity index (χ2v) is 5.13. The molecule has 0 atom stereocenters. The van der Waals surface area contributed by atoms with Crippen molar-refractivity contribution in [1.29, 1.82) is 0 Å². The first kappa shape index (κ1) is 20.2. The summed E-state index contributed by atoms with van der Waals surface area (Å²) in [5, 5.41) is 6.54. The third kappa shape index (κ3) is 38.3. The summed E-state index contributed by atoms with van der Waals surface area (Å²) in [6.45, 7) is 10.8. The van der Waals surface area contributed by atoms with E-state index in [1.54, 1.807) is 0 Å². The Morgan fingerprint density at radius 3 is 1.63 bits per heavy atom. The van der Waals surface area contributed by atoms with E-state index in [1.807, 2.05) is 12.2 Å². The predicted octanol–water partition coefficient (Wildman–Crippen LogP) is 1.13. The van der Waals surface area contributed by atoms with Crippen molar-refractivity contribution in [1.82, 2.24) is 10.6 Å². The van der Waals surface area contributed by atoms with Gasteiger partial charge in [-0.1, -0.05) is 13.2 Å². The molecule has 0 amide bonds. The highest BCUT2D eigenvalue weighted by Crippen LogP contribution is 1.83. The summed E-state index contributed by atoms with van der Waals surface area (Å²) < 4.78 is 25.9. The van der Waals surface area contributed by atoms with Crippen LogP contribution >= 0.6 is 0 Å². The van der Waals surface area contributed by atoms with Gasteiger partial charge in [0.15, 0.2) is 0 Å². The molecule has 0 aliphatic carbocycles. The van der Waals surface area contributed by atoms with E-state index in [1.165, 1.54) is 12.8 Å². The first-order valence-electron chi connectivity index (χ1n) is 5.94. The van der Waals surface area contributed by atoms with Gasteiger partial charge in [-0.15, -0.1) is 11.5 Å². The van der Waals surface area contributed by atoms with Gasteiger partial charge in [-0.05, 0) is 38.1 Å². The average molecular weight is 288 g/mol. The molecule has 0 rings (SSSR count).